The van der Waals surface area contributed by atoms with Gasteiger partial charge in [0.05, 0.1) is 29.1 Å². The number of halogens is 2. The number of pyridine rings is 2. The molecule has 9 heteroatoms. The zero-order valence-electron chi connectivity index (χ0n) is 16.3. The quantitative estimate of drug-likeness (QED) is 0.479. The van der Waals surface area contributed by atoms with Crippen LogP contribution >= 0.6 is 11.6 Å². The van der Waals surface area contributed by atoms with Crippen LogP contribution in [0.1, 0.15) is 23.0 Å². The smallest absolute Gasteiger partial charge is 0.256 e. The molecule has 1 atom stereocenters. The molecule has 3 rings (SSSR count). The van der Waals surface area contributed by atoms with Crippen molar-refractivity contribution in [1.82, 2.24) is 15.3 Å². The Morgan fingerprint density at radius 2 is 2.03 bits per heavy atom. The molecule has 1 unspecified atom stereocenters. The average molecular weight is 431 g/mol. The maximum atomic E-state index is 14.3. The van der Waals surface area contributed by atoms with Gasteiger partial charge in [0.25, 0.3) is 11.5 Å². The van der Waals surface area contributed by atoms with Gasteiger partial charge in [-0.2, -0.15) is 0 Å². The van der Waals surface area contributed by atoms with E-state index in [4.69, 9.17) is 16.7 Å². The van der Waals surface area contributed by atoms with E-state index in [9.17, 15) is 14.0 Å². The second-order valence-electron chi connectivity index (χ2n) is 6.78. The van der Waals surface area contributed by atoms with Crippen molar-refractivity contribution in [2.24, 2.45) is 0 Å². The van der Waals surface area contributed by atoms with Crippen molar-refractivity contribution >= 4 is 28.9 Å². The number of nitrogens with zero attached hydrogens (tertiary/aromatic N) is 1. The summed E-state index contributed by atoms with van der Waals surface area (Å²) in [6.45, 7) is 3.14. The Bertz CT molecular complexity index is 1150. The lowest BCUT2D eigenvalue weighted by atomic mass is 10.1. The lowest BCUT2D eigenvalue weighted by Crippen LogP contribution is -2.35. The molecule has 4 N–H and O–H groups in total. The number of aliphatic hydroxyl groups is 1. The van der Waals surface area contributed by atoms with Crippen LogP contribution in [-0.4, -0.2) is 33.6 Å². The molecule has 0 saturated carbocycles. The number of aromatic nitrogens is 2. The minimum absolute atomic E-state index is 0.0660. The second kappa shape index (κ2) is 9.06. The fraction of sp³-hybridized carbons (Fsp3) is 0.190. The van der Waals surface area contributed by atoms with Gasteiger partial charge < -0.3 is 20.7 Å². The van der Waals surface area contributed by atoms with Crippen molar-refractivity contribution in [2.45, 2.75) is 19.9 Å². The Morgan fingerprint density at radius 1 is 1.27 bits per heavy atom. The summed E-state index contributed by atoms with van der Waals surface area (Å²) in [6.07, 6.45) is 2.90. The molecule has 3 aromatic rings. The predicted molar refractivity (Wildman–Crippen MR) is 114 cm³/mol. The molecule has 30 heavy (non-hydrogen) atoms. The van der Waals surface area contributed by atoms with Crippen LogP contribution < -0.4 is 16.2 Å². The first-order chi connectivity index (χ1) is 14.3. The molecule has 0 radical (unpaired) electrons. The molecule has 1 amide bonds. The Balaban J connectivity index is 2.02. The number of carbonyl (C=O) groups is 1. The average Bonchev–Trinajstić information content (AvgIpc) is 2.72. The number of rotatable bonds is 6. The molecular formula is C21H20ClFN4O3. The van der Waals surface area contributed by atoms with Crippen LogP contribution in [0.5, 0.6) is 0 Å². The maximum Gasteiger partial charge on any atom is 0.256 e. The fourth-order valence-electron chi connectivity index (χ4n) is 2.83. The van der Waals surface area contributed by atoms with Gasteiger partial charge in [0.1, 0.15) is 5.82 Å². The standard InChI is InChI=1S/C21H20ClFN4O3/c1-11(10-28)25-21(30)16-9-24-6-5-18(16)27-19-8-15(20(29)26-12(19)2)14-7-13(22)3-4-17(14)23/h3-9,11,28H,10H2,1-2H3,(H,24,27)(H,25,30)(H,26,29). The topological polar surface area (TPSA) is 107 Å². The Morgan fingerprint density at radius 3 is 2.77 bits per heavy atom. The van der Waals surface area contributed by atoms with Gasteiger partial charge in [-0.05, 0) is 44.2 Å². The second-order valence-corrected chi connectivity index (χ2v) is 7.21. The van der Waals surface area contributed by atoms with Gasteiger partial charge in [0, 0.05) is 34.7 Å². The summed E-state index contributed by atoms with van der Waals surface area (Å²) in [5, 5.41) is 15.2. The fourth-order valence-corrected chi connectivity index (χ4v) is 3.01. The molecule has 0 aliphatic rings. The Hall–Kier alpha value is -3.23. The van der Waals surface area contributed by atoms with Crippen LogP contribution in [0.25, 0.3) is 11.1 Å². The third kappa shape index (κ3) is 4.67. The number of hydrogen-bond donors (Lipinski definition) is 4. The number of aryl methyl sites for hydroxylation is 1. The maximum absolute atomic E-state index is 14.3. The van der Waals surface area contributed by atoms with E-state index < -0.39 is 23.3 Å². The van der Waals surface area contributed by atoms with E-state index in [2.05, 4.69) is 20.6 Å². The Labute approximate surface area is 176 Å². The van der Waals surface area contributed by atoms with Gasteiger partial charge in [0.15, 0.2) is 0 Å². The number of carbonyl (C=O) groups excluding carboxylic acids is 1. The van der Waals surface area contributed by atoms with Gasteiger partial charge >= 0.3 is 0 Å². The highest BCUT2D eigenvalue weighted by Gasteiger charge is 2.17. The summed E-state index contributed by atoms with van der Waals surface area (Å²) >= 11 is 5.97. The van der Waals surface area contributed by atoms with Crippen LogP contribution in [0.4, 0.5) is 15.8 Å². The molecular weight excluding hydrogens is 411 g/mol. The largest absolute Gasteiger partial charge is 0.394 e. The first-order valence-electron chi connectivity index (χ1n) is 9.12. The molecule has 2 aromatic heterocycles. The number of benzene rings is 1. The van der Waals surface area contributed by atoms with Crippen molar-refractivity contribution < 1.29 is 14.3 Å². The lowest BCUT2D eigenvalue weighted by molar-refractivity contribution is 0.0923. The number of anilines is 2. The van der Waals surface area contributed by atoms with Gasteiger partial charge in [0.2, 0.25) is 0 Å². The van der Waals surface area contributed by atoms with E-state index in [1.807, 2.05) is 0 Å². The number of amides is 1. The van der Waals surface area contributed by atoms with Crippen molar-refractivity contribution in [3.63, 3.8) is 0 Å². The van der Waals surface area contributed by atoms with Crippen LogP contribution in [0.15, 0.2) is 47.5 Å². The van der Waals surface area contributed by atoms with Gasteiger partial charge in [-0.15, -0.1) is 0 Å². The highest BCUT2D eigenvalue weighted by molar-refractivity contribution is 6.30. The van der Waals surface area contributed by atoms with Crippen molar-refractivity contribution in [3.8, 4) is 11.1 Å². The monoisotopic (exact) mass is 430 g/mol. The molecule has 0 aliphatic carbocycles. The van der Waals surface area contributed by atoms with E-state index >= 15 is 0 Å². The number of aliphatic hydroxyl groups excluding tert-OH is 1. The number of hydrogen-bond acceptors (Lipinski definition) is 5. The summed E-state index contributed by atoms with van der Waals surface area (Å²) in [4.78, 5) is 31.6. The first kappa shape index (κ1) is 21.5. The summed E-state index contributed by atoms with van der Waals surface area (Å²) in [6, 6.07) is 6.64. The van der Waals surface area contributed by atoms with Gasteiger partial charge in [-0.3, -0.25) is 14.6 Å². The van der Waals surface area contributed by atoms with E-state index in [0.717, 1.165) is 0 Å². The van der Waals surface area contributed by atoms with Gasteiger partial charge in [-0.1, -0.05) is 11.6 Å². The first-order valence-corrected chi connectivity index (χ1v) is 9.50. The molecule has 0 spiro atoms. The molecule has 7 nitrogen and oxygen atoms in total. The third-order valence-corrected chi connectivity index (χ3v) is 4.68. The van der Waals surface area contributed by atoms with Crippen molar-refractivity contribution in [1.29, 1.82) is 0 Å². The molecule has 2 heterocycles. The zero-order chi connectivity index (χ0) is 21.8. The molecule has 0 bridgehead atoms. The van der Waals surface area contributed by atoms with E-state index in [0.29, 0.717) is 22.1 Å². The molecule has 0 fully saturated rings. The van der Waals surface area contributed by atoms with E-state index in [1.165, 1.54) is 36.7 Å². The van der Waals surface area contributed by atoms with Crippen LogP contribution in [0.3, 0.4) is 0 Å². The minimum atomic E-state index is -0.582. The number of aromatic amines is 1. The van der Waals surface area contributed by atoms with Crippen LogP contribution in [0.2, 0.25) is 5.02 Å². The molecule has 0 aliphatic heterocycles. The molecule has 156 valence electrons. The van der Waals surface area contributed by atoms with Gasteiger partial charge in [-0.25, -0.2) is 4.39 Å². The van der Waals surface area contributed by atoms with Crippen molar-refractivity contribution in [3.05, 3.63) is 75.2 Å². The number of H-pyrrole nitrogens is 1. The highest BCUT2D eigenvalue weighted by atomic mass is 35.5. The number of nitrogens with one attached hydrogen (secondary N) is 3. The summed E-state index contributed by atoms with van der Waals surface area (Å²) in [5.74, 6) is -1.00. The van der Waals surface area contributed by atoms with Crippen LogP contribution in [-0.2, 0) is 0 Å². The summed E-state index contributed by atoms with van der Waals surface area (Å²) in [7, 11) is 0. The third-order valence-electron chi connectivity index (χ3n) is 4.44. The zero-order valence-corrected chi connectivity index (χ0v) is 17.0. The SMILES string of the molecule is Cc1[nH]c(=O)c(-c2cc(Cl)ccc2F)cc1Nc1ccncc1C(=O)NC(C)CO. The predicted octanol–water partition coefficient (Wildman–Crippen LogP) is 3.39. The van der Waals surface area contributed by atoms with E-state index in [-0.39, 0.29) is 23.3 Å². The molecule has 1 aromatic carbocycles. The minimum Gasteiger partial charge on any atom is -0.394 e. The summed E-state index contributed by atoms with van der Waals surface area (Å²) in [5.41, 5.74) is 1.34. The summed E-state index contributed by atoms with van der Waals surface area (Å²) < 4.78 is 14.3. The Kier molecular flexibility index (Phi) is 6.49. The van der Waals surface area contributed by atoms with Crippen LogP contribution in [0, 0.1) is 12.7 Å². The van der Waals surface area contributed by atoms with Crippen molar-refractivity contribution in [2.75, 3.05) is 11.9 Å². The molecule has 0 saturated heterocycles. The van der Waals surface area contributed by atoms with E-state index in [1.54, 1.807) is 19.9 Å². The lowest BCUT2D eigenvalue weighted by Gasteiger charge is -2.16. The normalized spacial score (nSPS) is 11.8. The highest BCUT2D eigenvalue weighted by Crippen LogP contribution is 2.28.